The summed E-state index contributed by atoms with van der Waals surface area (Å²) in [7, 11) is 2.42. The van der Waals surface area contributed by atoms with Crippen LogP contribution in [-0.4, -0.2) is 24.9 Å². The Kier molecular flexibility index (Phi) is 3.98. The maximum Gasteiger partial charge on any atom is 0.352 e. The molecule has 0 heterocycles. The molecule has 19 heavy (non-hydrogen) atoms. The van der Waals surface area contributed by atoms with Crippen LogP contribution in [0.1, 0.15) is 31.9 Å². The number of alkyl halides is 2. The summed E-state index contributed by atoms with van der Waals surface area (Å²) in [5.74, 6) is -6.32. The standard InChI is InChI=1S/C14H18F3NO/c1-13(2,3)9-7-6-8-10(11(9)15)14(16,17)12(19)18(4)5/h6-8H,1-5H3. The summed E-state index contributed by atoms with van der Waals surface area (Å²) in [5.41, 5.74) is -1.33. The lowest BCUT2D eigenvalue weighted by atomic mass is 9.85. The Morgan fingerprint density at radius 2 is 1.58 bits per heavy atom. The maximum absolute atomic E-state index is 14.2. The van der Waals surface area contributed by atoms with Gasteiger partial charge in [-0.1, -0.05) is 32.9 Å². The molecule has 1 amide bonds. The van der Waals surface area contributed by atoms with E-state index in [1.165, 1.54) is 26.2 Å². The predicted molar refractivity (Wildman–Crippen MR) is 67.7 cm³/mol. The molecule has 0 spiro atoms. The number of rotatable bonds is 2. The number of nitrogens with zero attached hydrogens (tertiary/aromatic N) is 1. The molecule has 1 aromatic carbocycles. The second-order valence-electron chi connectivity index (χ2n) is 5.69. The molecular formula is C14H18F3NO. The molecule has 5 heteroatoms. The number of benzene rings is 1. The van der Waals surface area contributed by atoms with E-state index in [1.807, 2.05) is 0 Å². The first-order chi connectivity index (χ1) is 8.49. The molecule has 0 unspecified atom stereocenters. The van der Waals surface area contributed by atoms with Crippen LogP contribution in [0.15, 0.2) is 18.2 Å². The third-order valence-electron chi connectivity index (χ3n) is 2.82. The zero-order valence-electron chi connectivity index (χ0n) is 11.7. The van der Waals surface area contributed by atoms with E-state index >= 15 is 0 Å². The largest absolute Gasteiger partial charge is 0.352 e. The van der Waals surface area contributed by atoms with Crippen molar-refractivity contribution in [3.8, 4) is 0 Å². The summed E-state index contributed by atoms with van der Waals surface area (Å²) in [6, 6.07) is 3.75. The van der Waals surface area contributed by atoms with E-state index in [9.17, 15) is 18.0 Å². The lowest BCUT2D eigenvalue weighted by Crippen LogP contribution is -2.38. The Labute approximate surface area is 111 Å². The molecule has 0 aliphatic rings. The first-order valence-electron chi connectivity index (χ1n) is 5.88. The molecule has 0 atom stereocenters. The van der Waals surface area contributed by atoms with E-state index in [2.05, 4.69) is 0 Å². The van der Waals surface area contributed by atoms with Gasteiger partial charge in [0.25, 0.3) is 5.91 Å². The van der Waals surface area contributed by atoms with Crippen LogP contribution in [0.5, 0.6) is 0 Å². The van der Waals surface area contributed by atoms with Crippen molar-refractivity contribution >= 4 is 5.91 Å². The zero-order chi connectivity index (χ0) is 15.0. The zero-order valence-corrected chi connectivity index (χ0v) is 11.7. The molecule has 0 aliphatic carbocycles. The number of carbonyl (C=O) groups excluding carboxylic acids is 1. The van der Waals surface area contributed by atoms with Gasteiger partial charge in [0.1, 0.15) is 5.82 Å². The van der Waals surface area contributed by atoms with Gasteiger partial charge >= 0.3 is 5.92 Å². The molecule has 0 saturated carbocycles. The van der Waals surface area contributed by atoms with Crippen molar-refractivity contribution in [2.75, 3.05) is 14.1 Å². The molecule has 0 N–H and O–H groups in total. The fourth-order valence-corrected chi connectivity index (χ4v) is 1.75. The lowest BCUT2D eigenvalue weighted by molar-refractivity contribution is -0.156. The summed E-state index contributed by atoms with van der Waals surface area (Å²) >= 11 is 0. The van der Waals surface area contributed by atoms with Gasteiger partial charge in [0.05, 0.1) is 5.56 Å². The van der Waals surface area contributed by atoms with Gasteiger partial charge in [-0.2, -0.15) is 8.78 Å². The van der Waals surface area contributed by atoms with Gasteiger partial charge in [-0.15, -0.1) is 0 Å². The van der Waals surface area contributed by atoms with E-state index in [0.29, 0.717) is 0 Å². The molecule has 0 aromatic heterocycles. The number of likely N-dealkylation sites (N-methyl/N-ethyl adjacent to an activating group) is 1. The second kappa shape index (κ2) is 4.87. The highest BCUT2D eigenvalue weighted by molar-refractivity contribution is 5.84. The highest BCUT2D eigenvalue weighted by Crippen LogP contribution is 2.35. The first kappa shape index (κ1) is 15.5. The maximum atomic E-state index is 14.2. The van der Waals surface area contributed by atoms with Gasteiger partial charge in [0.15, 0.2) is 0 Å². The minimum atomic E-state index is -3.87. The number of hydrogen-bond acceptors (Lipinski definition) is 1. The van der Waals surface area contributed by atoms with E-state index in [4.69, 9.17) is 0 Å². The van der Waals surface area contributed by atoms with Crippen LogP contribution in [0.3, 0.4) is 0 Å². The van der Waals surface area contributed by atoms with Crippen LogP contribution in [0.25, 0.3) is 0 Å². The van der Waals surface area contributed by atoms with Gasteiger partial charge < -0.3 is 4.90 Å². The van der Waals surface area contributed by atoms with Gasteiger partial charge in [-0.25, -0.2) is 4.39 Å². The SMILES string of the molecule is CN(C)C(=O)C(F)(F)c1cccc(C(C)(C)C)c1F. The highest BCUT2D eigenvalue weighted by Gasteiger charge is 2.45. The monoisotopic (exact) mass is 273 g/mol. The van der Waals surface area contributed by atoms with Crippen LogP contribution in [0.2, 0.25) is 0 Å². The summed E-state index contributed by atoms with van der Waals surface area (Å²) in [4.78, 5) is 12.2. The smallest absolute Gasteiger partial charge is 0.343 e. The lowest BCUT2D eigenvalue weighted by Gasteiger charge is -2.25. The molecule has 1 aromatic rings. The molecule has 0 radical (unpaired) electrons. The van der Waals surface area contributed by atoms with E-state index < -0.39 is 28.6 Å². The molecule has 106 valence electrons. The topological polar surface area (TPSA) is 20.3 Å². The average molecular weight is 273 g/mol. The minimum Gasteiger partial charge on any atom is -0.343 e. The molecule has 0 saturated heterocycles. The van der Waals surface area contributed by atoms with Gasteiger partial charge in [-0.05, 0) is 17.0 Å². The number of hydrogen-bond donors (Lipinski definition) is 0. The van der Waals surface area contributed by atoms with Crippen molar-refractivity contribution in [3.63, 3.8) is 0 Å². The molecule has 1 rings (SSSR count). The summed E-state index contributed by atoms with van der Waals surface area (Å²) in [5, 5.41) is 0. The second-order valence-corrected chi connectivity index (χ2v) is 5.69. The van der Waals surface area contributed by atoms with Crippen LogP contribution >= 0.6 is 0 Å². The minimum absolute atomic E-state index is 0.163. The number of carbonyl (C=O) groups is 1. The third-order valence-corrected chi connectivity index (χ3v) is 2.82. The Balaban J connectivity index is 3.41. The van der Waals surface area contributed by atoms with Crippen LogP contribution in [0.4, 0.5) is 13.2 Å². The summed E-state index contributed by atoms with van der Waals surface area (Å²) < 4.78 is 42.2. The van der Waals surface area contributed by atoms with Gasteiger partial charge in [-0.3, -0.25) is 4.79 Å². The Morgan fingerprint density at radius 3 is 2.00 bits per heavy atom. The van der Waals surface area contributed by atoms with E-state index in [1.54, 1.807) is 20.8 Å². The number of halogens is 3. The van der Waals surface area contributed by atoms with Crippen molar-refractivity contribution < 1.29 is 18.0 Å². The van der Waals surface area contributed by atoms with Crippen molar-refractivity contribution in [1.29, 1.82) is 0 Å². The first-order valence-corrected chi connectivity index (χ1v) is 5.88. The van der Waals surface area contributed by atoms with Gasteiger partial charge in [0.2, 0.25) is 0 Å². The fraction of sp³-hybridized carbons (Fsp3) is 0.500. The predicted octanol–water partition coefficient (Wildman–Crippen LogP) is 3.30. The molecule has 0 fully saturated rings. The quantitative estimate of drug-likeness (QED) is 0.809. The molecule has 0 aliphatic heterocycles. The number of amides is 1. The van der Waals surface area contributed by atoms with Crippen molar-refractivity contribution in [3.05, 3.63) is 35.1 Å². The van der Waals surface area contributed by atoms with Crippen LogP contribution in [0, 0.1) is 5.82 Å². The summed E-state index contributed by atoms with van der Waals surface area (Å²) in [6.07, 6.45) is 0. The van der Waals surface area contributed by atoms with Crippen molar-refractivity contribution in [2.24, 2.45) is 0 Å². The van der Waals surface area contributed by atoms with Crippen LogP contribution in [-0.2, 0) is 16.1 Å². The summed E-state index contributed by atoms with van der Waals surface area (Å²) in [6.45, 7) is 5.17. The van der Waals surface area contributed by atoms with Crippen molar-refractivity contribution in [2.45, 2.75) is 32.1 Å². The van der Waals surface area contributed by atoms with Gasteiger partial charge in [0, 0.05) is 14.1 Å². The normalized spacial score (nSPS) is 12.4. The molecule has 0 bridgehead atoms. The Hall–Kier alpha value is -1.52. The molecular weight excluding hydrogens is 255 g/mol. The highest BCUT2D eigenvalue weighted by atomic mass is 19.3. The van der Waals surface area contributed by atoms with Crippen LogP contribution < -0.4 is 0 Å². The van der Waals surface area contributed by atoms with Crippen molar-refractivity contribution in [1.82, 2.24) is 4.90 Å². The Bertz CT molecular complexity index is 490. The Morgan fingerprint density at radius 1 is 1.11 bits per heavy atom. The fourth-order valence-electron chi connectivity index (χ4n) is 1.75. The van der Waals surface area contributed by atoms with E-state index in [0.717, 1.165) is 11.0 Å². The van der Waals surface area contributed by atoms with E-state index in [-0.39, 0.29) is 5.56 Å². The third kappa shape index (κ3) is 2.91. The average Bonchev–Trinajstić information content (AvgIpc) is 2.26. The molecule has 2 nitrogen and oxygen atoms in total.